The van der Waals surface area contributed by atoms with Crippen LogP contribution in [-0.2, 0) is 0 Å². The molecule has 1 heterocycles. The van der Waals surface area contributed by atoms with Crippen LogP contribution in [0.2, 0.25) is 0 Å². The molecule has 1 heteroatoms. The predicted octanol–water partition coefficient (Wildman–Crippen LogP) is 7.69. The maximum atomic E-state index is 5.47. The van der Waals surface area contributed by atoms with E-state index in [4.69, 9.17) is 5.32 Å². The summed E-state index contributed by atoms with van der Waals surface area (Å²) >= 11 is 0. The lowest BCUT2D eigenvalue weighted by Gasteiger charge is -2.33. The van der Waals surface area contributed by atoms with Gasteiger partial charge in [0.1, 0.15) is 0 Å². The van der Waals surface area contributed by atoms with Crippen molar-refractivity contribution in [1.82, 2.24) is 5.32 Å². The quantitative estimate of drug-likeness (QED) is 0.453. The molecule has 0 saturated heterocycles. The fraction of sp³-hybridized carbons (Fsp3) is 0.846. The summed E-state index contributed by atoms with van der Waals surface area (Å²) in [4.78, 5) is 0. The van der Waals surface area contributed by atoms with E-state index < -0.39 is 0 Å². The molecule has 0 aromatic rings. The first kappa shape index (κ1) is 19.6. The molecule has 4 rings (SSSR count). The largest absolute Gasteiger partial charge is 0.282 e. The van der Waals surface area contributed by atoms with Crippen LogP contribution in [0.4, 0.5) is 0 Å². The fourth-order valence-electron chi connectivity index (χ4n) is 6.22. The van der Waals surface area contributed by atoms with Crippen LogP contribution in [0.15, 0.2) is 23.4 Å². The lowest BCUT2D eigenvalue weighted by Crippen LogP contribution is -2.34. The van der Waals surface area contributed by atoms with Gasteiger partial charge in [-0.15, -0.1) is 0 Å². The summed E-state index contributed by atoms with van der Waals surface area (Å²) in [5.74, 6) is 2.41. The zero-order chi connectivity index (χ0) is 18.3. The molecule has 0 N–H and O–H groups in total. The van der Waals surface area contributed by atoms with Crippen molar-refractivity contribution in [2.45, 2.75) is 122 Å². The topological polar surface area (TPSA) is 14.1 Å². The molecule has 1 aliphatic heterocycles. The fourth-order valence-corrected chi connectivity index (χ4v) is 6.22. The molecule has 151 valence electrons. The molecule has 1 nitrogen and oxygen atoms in total. The van der Waals surface area contributed by atoms with Crippen molar-refractivity contribution in [3.63, 3.8) is 0 Å². The van der Waals surface area contributed by atoms with E-state index in [0.29, 0.717) is 6.04 Å². The van der Waals surface area contributed by atoms with Gasteiger partial charge in [-0.1, -0.05) is 83.1 Å². The number of allylic oxidation sites excluding steroid dienone is 3. The predicted molar refractivity (Wildman–Crippen MR) is 116 cm³/mol. The highest BCUT2D eigenvalue weighted by Crippen LogP contribution is 2.38. The Labute approximate surface area is 168 Å². The molecule has 1 radical (unpaired) electrons. The molecule has 4 aliphatic rings. The Kier molecular flexibility index (Phi) is 7.38. The first-order valence-corrected chi connectivity index (χ1v) is 12.5. The molecular weight excluding hydrogens is 326 g/mol. The minimum Gasteiger partial charge on any atom is -0.282 e. The second-order valence-corrected chi connectivity index (χ2v) is 9.98. The van der Waals surface area contributed by atoms with Gasteiger partial charge in [-0.05, 0) is 62.0 Å². The monoisotopic (exact) mass is 368 g/mol. The average Bonchev–Trinajstić information content (AvgIpc) is 3.23. The van der Waals surface area contributed by atoms with Crippen molar-refractivity contribution in [3.8, 4) is 0 Å². The van der Waals surface area contributed by atoms with Crippen LogP contribution < -0.4 is 5.32 Å². The van der Waals surface area contributed by atoms with Gasteiger partial charge in [0, 0.05) is 11.6 Å². The van der Waals surface area contributed by atoms with Crippen LogP contribution in [-0.4, -0.2) is 6.04 Å². The third-order valence-electron chi connectivity index (χ3n) is 7.96. The molecule has 1 unspecified atom stereocenters. The lowest BCUT2D eigenvalue weighted by molar-refractivity contribution is 0.350. The van der Waals surface area contributed by atoms with Crippen LogP contribution >= 0.6 is 0 Å². The Hall–Kier alpha value is -0.720. The highest BCUT2D eigenvalue weighted by molar-refractivity contribution is 5.33. The van der Waals surface area contributed by atoms with Gasteiger partial charge in [-0.3, -0.25) is 5.32 Å². The Balaban J connectivity index is 1.55. The summed E-state index contributed by atoms with van der Waals surface area (Å²) in [6.07, 6.45) is 31.1. The summed E-state index contributed by atoms with van der Waals surface area (Å²) in [5, 5.41) is 5.47. The second-order valence-electron chi connectivity index (χ2n) is 9.98. The van der Waals surface area contributed by atoms with Crippen molar-refractivity contribution in [2.75, 3.05) is 0 Å². The van der Waals surface area contributed by atoms with Crippen molar-refractivity contribution < 1.29 is 0 Å². The van der Waals surface area contributed by atoms with Crippen LogP contribution in [0.5, 0.6) is 0 Å². The third-order valence-corrected chi connectivity index (χ3v) is 7.96. The average molecular weight is 369 g/mol. The van der Waals surface area contributed by atoms with Crippen LogP contribution in [0.1, 0.15) is 116 Å². The van der Waals surface area contributed by atoms with E-state index in [0.717, 1.165) is 17.8 Å². The molecule has 0 aromatic carbocycles. The molecular formula is C26H42N. The maximum absolute atomic E-state index is 5.47. The summed E-state index contributed by atoms with van der Waals surface area (Å²) < 4.78 is 0. The molecule has 3 saturated carbocycles. The third kappa shape index (κ3) is 5.42. The van der Waals surface area contributed by atoms with Gasteiger partial charge in [0.15, 0.2) is 0 Å². The van der Waals surface area contributed by atoms with E-state index in [9.17, 15) is 0 Å². The summed E-state index contributed by atoms with van der Waals surface area (Å²) in [6.45, 7) is 0. The van der Waals surface area contributed by atoms with Crippen molar-refractivity contribution >= 4 is 0 Å². The molecule has 0 spiro atoms. The van der Waals surface area contributed by atoms with Crippen LogP contribution in [0, 0.1) is 17.8 Å². The van der Waals surface area contributed by atoms with E-state index >= 15 is 0 Å². The first-order chi connectivity index (χ1) is 13.4. The SMILES string of the molecule is C1=C(C2CCCCCC2)C=C(C2CCCCCC2)[N]C1C1CCCCCC1. The van der Waals surface area contributed by atoms with Crippen molar-refractivity contribution in [3.05, 3.63) is 23.4 Å². The lowest BCUT2D eigenvalue weighted by atomic mass is 9.81. The van der Waals surface area contributed by atoms with Gasteiger partial charge < -0.3 is 0 Å². The minimum atomic E-state index is 0.504. The van der Waals surface area contributed by atoms with Crippen molar-refractivity contribution in [1.29, 1.82) is 0 Å². The van der Waals surface area contributed by atoms with Gasteiger partial charge in [-0.2, -0.15) is 0 Å². The van der Waals surface area contributed by atoms with E-state index in [1.54, 1.807) is 5.57 Å². The van der Waals surface area contributed by atoms with Gasteiger partial charge in [-0.25, -0.2) is 0 Å². The second kappa shape index (κ2) is 10.2. The highest BCUT2D eigenvalue weighted by Gasteiger charge is 2.31. The van der Waals surface area contributed by atoms with Crippen LogP contribution in [0.25, 0.3) is 0 Å². The molecule has 0 amide bonds. The molecule has 0 bridgehead atoms. The number of nitrogens with zero attached hydrogens (tertiary/aromatic N) is 1. The van der Waals surface area contributed by atoms with Gasteiger partial charge in [0.2, 0.25) is 0 Å². The molecule has 27 heavy (non-hydrogen) atoms. The van der Waals surface area contributed by atoms with Crippen molar-refractivity contribution in [2.24, 2.45) is 17.8 Å². The van der Waals surface area contributed by atoms with Gasteiger partial charge in [0.05, 0.1) is 6.04 Å². The Bertz CT molecular complexity index is 492. The standard InChI is InChI=1S/C26H42N/c1-2-8-14-21(13-7-1)24-19-25(22-15-9-3-4-10-16-22)27-26(20-24)23-17-11-5-6-12-18-23/h19-23,25H,1-18H2. The van der Waals surface area contributed by atoms with E-state index in [-0.39, 0.29) is 0 Å². The number of rotatable bonds is 3. The summed E-state index contributed by atoms with van der Waals surface area (Å²) in [6, 6.07) is 0.504. The first-order valence-electron chi connectivity index (χ1n) is 12.5. The highest BCUT2D eigenvalue weighted by atomic mass is 14.9. The normalized spacial score (nSPS) is 30.4. The zero-order valence-electron chi connectivity index (χ0n) is 17.6. The van der Waals surface area contributed by atoms with Crippen LogP contribution in [0.3, 0.4) is 0 Å². The zero-order valence-corrected chi connectivity index (χ0v) is 17.6. The Morgan fingerprint density at radius 3 is 1.59 bits per heavy atom. The Morgan fingerprint density at radius 1 is 0.556 bits per heavy atom. The van der Waals surface area contributed by atoms with Gasteiger partial charge >= 0.3 is 0 Å². The number of hydrogen-bond donors (Lipinski definition) is 0. The van der Waals surface area contributed by atoms with E-state index in [1.807, 2.05) is 0 Å². The summed E-state index contributed by atoms with van der Waals surface area (Å²) in [5.41, 5.74) is 3.23. The van der Waals surface area contributed by atoms with E-state index in [2.05, 4.69) is 12.2 Å². The molecule has 3 fully saturated rings. The Morgan fingerprint density at radius 2 is 1.04 bits per heavy atom. The summed E-state index contributed by atoms with van der Waals surface area (Å²) in [7, 11) is 0. The molecule has 1 atom stereocenters. The maximum Gasteiger partial charge on any atom is 0.0717 e. The van der Waals surface area contributed by atoms with E-state index in [1.165, 1.54) is 121 Å². The smallest absolute Gasteiger partial charge is 0.0717 e. The number of hydrogen-bond acceptors (Lipinski definition) is 0. The molecule has 0 aromatic heterocycles. The van der Waals surface area contributed by atoms with Gasteiger partial charge in [0.25, 0.3) is 0 Å². The minimum absolute atomic E-state index is 0.504. The molecule has 3 aliphatic carbocycles.